The third-order valence-corrected chi connectivity index (χ3v) is 5.19. The van der Waals surface area contributed by atoms with Crippen molar-refractivity contribution in [1.82, 2.24) is 14.7 Å². The molecule has 0 amide bonds. The largest absolute Gasteiger partial charge is 0.387 e. The van der Waals surface area contributed by atoms with E-state index in [-0.39, 0.29) is 10.9 Å². The normalized spacial score (nSPS) is 13.1. The maximum absolute atomic E-state index is 12.5. The molecule has 0 fully saturated rings. The summed E-state index contributed by atoms with van der Waals surface area (Å²) in [7, 11) is -1.98. The quantitative estimate of drug-likeness (QED) is 0.852. The standard InChI is InChI=1S/C12H16N4O2S2/c1-3-9(12-15-6-7-19-12)16-20(17,18)11-8-14-5-4-10(11)13-2/h4-9,16H,3H2,1-2H3,(H,13,14). The fourth-order valence-electron chi connectivity index (χ4n) is 1.77. The number of rotatable bonds is 6. The lowest BCUT2D eigenvalue weighted by atomic mass is 10.3. The molecule has 6 nitrogen and oxygen atoms in total. The molecule has 0 aliphatic carbocycles. The van der Waals surface area contributed by atoms with Crippen LogP contribution in [0.5, 0.6) is 0 Å². The first kappa shape index (κ1) is 14.9. The third kappa shape index (κ3) is 3.14. The molecule has 2 aromatic heterocycles. The van der Waals surface area contributed by atoms with Gasteiger partial charge in [-0.25, -0.2) is 18.1 Å². The summed E-state index contributed by atoms with van der Waals surface area (Å²) < 4.78 is 27.6. The molecule has 20 heavy (non-hydrogen) atoms. The first-order chi connectivity index (χ1) is 9.58. The van der Waals surface area contributed by atoms with Gasteiger partial charge in [0.2, 0.25) is 10.0 Å². The molecule has 2 rings (SSSR count). The first-order valence-electron chi connectivity index (χ1n) is 6.12. The summed E-state index contributed by atoms with van der Waals surface area (Å²) in [6.07, 6.45) is 5.17. The van der Waals surface area contributed by atoms with E-state index in [2.05, 4.69) is 20.0 Å². The maximum Gasteiger partial charge on any atom is 0.244 e. The van der Waals surface area contributed by atoms with Crippen molar-refractivity contribution in [3.63, 3.8) is 0 Å². The monoisotopic (exact) mass is 312 g/mol. The molecular weight excluding hydrogens is 296 g/mol. The Hall–Kier alpha value is -1.51. The second kappa shape index (κ2) is 6.29. The number of thiazole rings is 1. The summed E-state index contributed by atoms with van der Waals surface area (Å²) in [6, 6.07) is 1.30. The van der Waals surface area contributed by atoms with E-state index in [0.29, 0.717) is 12.1 Å². The Bertz CT molecular complexity index is 656. The van der Waals surface area contributed by atoms with Gasteiger partial charge in [-0.15, -0.1) is 11.3 Å². The summed E-state index contributed by atoms with van der Waals surface area (Å²) in [5, 5.41) is 5.44. The predicted octanol–water partition coefficient (Wildman–Crippen LogP) is 2.01. The number of hydrogen-bond donors (Lipinski definition) is 2. The van der Waals surface area contributed by atoms with Crippen molar-refractivity contribution < 1.29 is 8.42 Å². The van der Waals surface area contributed by atoms with Gasteiger partial charge in [-0.3, -0.25) is 4.98 Å². The van der Waals surface area contributed by atoms with Crippen molar-refractivity contribution in [1.29, 1.82) is 0 Å². The summed E-state index contributed by atoms with van der Waals surface area (Å²) in [4.78, 5) is 8.19. The number of nitrogens with one attached hydrogen (secondary N) is 2. The molecule has 0 aromatic carbocycles. The lowest BCUT2D eigenvalue weighted by Crippen LogP contribution is -2.29. The van der Waals surface area contributed by atoms with E-state index in [1.54, 1.807) is 25.5 Å². The topological polar surface area (TPSA) is 84.0 Å². The molecule has 108 valence electrons. The van der Waals surface area contributed by atoms with Crippen LogP contribution in [0.15, 0.2) is 34.9 Å². The van der Waals surface area contributed by atoms with E-state index in [1.807, 2.05) is 12.3 Å². The molecule has 0 saturated carbocycles. The minimum absolute atomic E-state index is 0.137. The van der Waals surface area contributed by atoms with Crippen LogP contribution in [-0.4, -0.2) is 25.4 Å². The van der Waals surface area contributed by atoms with Gasteiger partial charge in [0.25, 0.3) is 0 Å². The van der Waals surface area contributed by atoms with Gasteiger partial charge in [0.1, 0.15) is 9.90 Å². The summed E-state index contributed by atoms with van der Waals surface area (Å²) in [6.45, 7) is 1.91. The number of anilines is 1. The van der Waals surface area contributed by atoms with E-state index in [0.717, 1.165) is 5.01 Å². The number of pyridine rings is 1. The molecule has 0 aliphatic rings. The van der Waals surface area contributed by atoms with E-state index >= 15 is 0 Å². The van der Waals surface area contributed by atoms with E-state index in [9.17, 15) is 8.42 Å². The lowest BCUT2D eigenvalue weighted by Gasteiger charge is -2.16. The summed E-state index contributed by atoms with van der Waals surface area (Å²) in [5.74, 6) is 0. The fraction of sp³-hybridized carbons (Fsp3) is 0.333. The second-order valence-electron chi connectivity index (χ2n) is 4.07. The second-order valence-corrected chi connectivity index (χ2v) is 6.68. The minimum atomic E-state index is -3.65. The molecule has 0 aliphatic heterocycles. The molecule has 0 radical (unpaired) electrons. The van der Waals surface area contributed by atoms with Crippen LogP contribution in [0.25, 0.3) is 0 Å². The molecule has 1 unspecified atom stereocenters. The SMILES string of the molecule is CCC(NS(=O)(=O)c1cnccc1NC)c1nccs1. The Balaban J connectivity index is 2.31. The van der Waals surface area contributed by atoms with E-state index in [4.69, 9.17) is 0 Å². The van der Waals surface area contributed by atoms with Crippen molar-refractivity contribution in [3.05, 3.63) is 35.0 Å². The van der Waals surface area contributed by atoms with Gasteiger partial charge < -0.3 is 5.32 Å². The number of aromatic nitrogens is 2. The Morgan fingerprint density at radius 2 is 2.20 bits per heavy atom. The van der Waals surface area contributed by atoms with Gasteiger partial charge >= 0.3 is 0 Å². The van der Waals surface area contributed by atoms with E-state index in [1.165, 1.54) is 17.5 Å². The molecule has 0 bridgehead atoms. The zero-order valence-electron chi connectivity index (χ0n) is 11.2. The van der Waals surface area contributed by atoms with Gasteiger partial charge in [-0.1, -0.05) is 6.92 Å². The highest BCUT2D eigenvalue weighted by atomic mass is 32.2. The van der Waals surface area contributed by atoms with Crippen molar-refractivity contribution in [2.45, 2.75) is 24.3 Å². The van der Waals surface area contributed by atoms with Crippen molar-refractivity contribution >= 4 is 27.0 Å². The van der Waals surface area contributed by atoms with Gasteiger partial charge in [0, 0.05) is 31.0 Å². The van der Waals surface area contributed by atoms with Gasteiger partial charge in [-0.2, -0.15) is 0 Å². The van der Waals surface area contributed by atoms with Crippen LogP contribution in [0.3, 0.4) is 0 Å². The Labute approximate surface area is 122 Å². The van der Waals surface area contributed by atoms with Crippen molar-refractivity contribution in [2.24, 2.45) is 0 Å². The summed E-state index contributed by atoms with van der Waals surface area (Å²) >= 11 is 1.43. The number of nitrogens with zero attached hydrogens (tertiary/aromatic N) is 2. The van der Waals surface area contributed by atoms with Gasteiger partial charge in [0.15, 0.2) is 0 Å². The highest BCUT2D eigenvalue weighted by molar-refractivity contribution is 7.89. The zero-order chi connectivity index (χ0) is 14.6. The van der Waals surface area contributed by atoms with Crippen LogP contribution in [0.1, 0.15) is 24.4 Å². The highest BCUT2D eigenvalue weighted by Gasteiger charge is 2.24. The fourth-order valence-corrected chi connectivity index (χ4v) is 4.05. The first-order valence-corrected chi connectivity index (χ1v) is 8.48. The van der Waals surface area contributed by atoms with Gasteiger partial charge in [0.05, 0.1) is 11.7 Å². The molecule has 8 heteroatoms. The van der Waals surface area contributed by atoms with Crippen LogP contribution in [0.2, 0.25) is 0 Å². The average molecular weight is 312 g/mol. The lowest BCUT2D eigenvalue weighted by molar-refractivity contribution is 0.549. The van der Waals surface area contributed by atoms with Gasteiger partial charge in [-0.05, 0) is 12.5 Å². The van der Waals surface area contributed by atoms with Crippen LogP contribution in [0.4, 0.5) is 5.69 Å². The van der Waals surface area contributed by atoms with Crippen LogP contribution >= 0.6 is 11.3 Å². The minimum Gasteiger partial charge on any atom is -0.387 e. The van der Waals surface area contributed by atoms with E-state index < -0.39 is 10.0 Å². The average Bonchev–Trinajstić information content (AvgIpc) is 2.98. The Morgan fingerprint density at radius 1 is 1.40 bits per heavy atom. The Kier molecular flexibility index (Phi) is 4.69. The summed E-state index contributed by atoms with van der Waals surface area (Å²) in [5.41, 5.74) is 0.515. The number of sulfonamides is 1. The smallest absolute Gasteiger partial charge is 0.244 e. The molecule has 2 N–H and O–H groups in total. The van der Waals surface area contributed by atoms with Crippen LogP contribution in [0, 0.1) is 0 Å². The predicted molar refractivity (Wildman–Crippen MR) is 79.3 cm³/mol. The third-order valence-electron chi connectivity index (χ3n) is 2.80. The molecule has 2 heterocycles. The zero-order valence-corrected chi connectivity index (χ0v) is 12.8. The van der Waals surface area contributed by atoms with Crippen LogP contribution in [-0.2, 0) is 10.0 Å². The molecule has 1 atom stereocenters. The molecular formula is C12H16N4O2S2. The highest BCUT2D eigenvalue weighted by Crippen LogP contribution is 2.24. The number of hydrogen-bond acceptors (Lipinski definition) is 6. The molecule has 2 aromatic rings. The van der Waals surface area contributed by atoms with Crippen molar-refractivity contribution in [2.75, 3.05) is 12.4 Å². The van der Waals surface area contributed by atoms with Crippen LogP contribution < -0.4 is 10.0 Å². The molecule has 0 saturated heterocycles. The molecule has 0 spiro atoms. The van der Waals surface area contributed by atoms with Crippen molar-refractivity contribution in [3.8, 4) is 0 Å². The Morgan fingerprint density at radius 3 is 2.80 bits per heavy atom. The maximum atomic E-state index is 12.5.